The van der Waals surface area contributed by atoms with Gasteiger partial charge in [0, 0.05) is 24.2 Å². The Hall–Kier alpha value is -1.95. The van der Waals surface area contributed by atoms with Gasteiger partial charge in [-0.25, -0.2) is 0 Å². The number of nitro groups is 1. The summed E-state index contributed by atoms with van der Waals surface area (Å²) in [6.45, 7) is 4.89. The van der Waals surface area contributed by atoms with Crippen molar-refractivity contribution in [2.45, 2.75) is 19.9 Å². The molecule has 20 heavy (non-hydrogen) atoms. The Morgan fingerprint density at radius 3 is 2.50 bits per heavy atom. The van der Waals surface area contributed by atoms with Crippen LogP contribution in [0.3, 0.4) is 0 Å². The summed E-state index contributed by atoms with van der Waals surface area (Å²) in [5, 5.41) is 14.3. The van der Waals surface area contributed by atoms with Crippen molar-refractivity contribution in [1.82, 2.24) is 4.90 Å². The Bertz CT molecular complexity index is 487. The smallest absolute Gasteiger partial charge is 0.293 e. The van der Waals surface area contributed by atoms with Crippen molar-refractivity contribution in [1.29, 1.82) is 0 Å². The van der Waals surface area contributed by atoms with Gasteiger partial charge >= 0.3 is 0 Å². The van der Waals surface area contributed by atoms with Crippen LogP contribution in [0.4, 0.5) is 11.4 Å². The summed E-state index contributed by atoms with van der Waals surface area (Å²) in [6, 6.07) is 4.55. The molecule has 0 saturated carbocycles. The lowest BCUT2D eigenvalue weighted by atomic mass is 10.0. The van der Waals surface area contributed by atoms with E-state index in [2.05, 4.69) is 19.2 Å². The lowest BCUT2D eigenvalue weighted by molar-refractivity contribution is -0.384. The van der Waals surface area contributed by atoms with Gasteiger partial charge < -0.3 is 10.2 Å². The van der Waals surface area contributed by atoms with E-state index in [1.54, 1.807) is 12.1 Å². The second-order valence-electron chi connectivity index (χ2n) is 5.41. The average molecular weight is 279 g/mol. The summed E-state index contributed by atoms with van der Waals surface area (Å²) in [4.78, 5) is 23.4. The van der Waals surface area contributed by atoms with E-state index in [4.69, 9.17) is 0 Å². The first-order chi connectivity index (χ1) is 9.35. The number of anilines is 1. The number of benzene rings is 1. The fourth-order valence-electron chi connectivity index (χ4n) is 1.91. The van der Waals surface area contributed by atoms with Crippen molar-refractivity contribution in [3.8, 4) is 0 Å². The zero-order valence-corrected chi connectivity index (χ0v) is 12.3. The molecule has 1 aromatic carbocycles. The quantitative estimate of drug-likeness (QED) is 0.471. The molecule has 0 aromatic heterocycles. The van der Waals surface area contributed by atoms with Crippen LogP contribution in [0, 0.1) is 16.0 Å². The Morgan fingerprint density at radius 2 is 2.05 bits per heavy atom. The van der Waals surface area contributed by atoms with Crippen molar-refractivity contribution >= 4 is 17.7 Å². The van der Waals surface area contributed by atoms with Crippen LogP contribution in [0.5, 0.6) is 0 Å². The fourth-order valence-corrected chi connectivity index (χ4v) is 1.91. The molecule has 1 rings (SSSR count). The normalized spacial score (nSPS) is 12.5. The number of hydrogen-bond acceptors (Lipinski definition) is 5. The van der Waals surface area contributed by atoms with Gasteiger partial charge in [-0.1, -0.05) is 13.8 Å². The minimum Gasteiger partial charge on any atom is -0.375 e. The number of nitrogens with one attached hydrogen (secondary N) is 1. The molecule has 6 nitrogen and oxygen atoms in total. The van der Waals surface area contributed by atoms with Crippen molar-refractivity contribution in [2.24, 2.45) is 5.92 Å². The molecule has 1 atom stereocenters. The molecule has 0 radical (unpaired) electrons. The third kappa shape index (κ3) is 4.31. The number of aldehydes is 1. The maximum absolute atomic E-state index is 11.1. The molecule has 0 spiro atoms. The van der Waals surface area contributed by atoms with E-state index in [-0.39, 0.29) is 11.7 Å². The molecular formula is C14H21N3O3. The molecule has 1 N–H and O–H groups in total. The van der Waals surface area contributed by atoms with E-state index in [0.29, 0.717) is 23.5 Å². The minimum atomic E-state index is -0.470. The molecule has 1 unspecified atom stereocenters. The number of nitrogens with zero attached hydrogens (tertiary/aromatic N) is 2. The highest BCUT2D eigenvalue weighted by Crippen LogP contribution is 2.26. The van der Waals surface area contributed by atoms with E-state index in [1.165, 1.54) is 6.07 Å². The summed E-state index contributed by atoms with van der Waals surface area (Å²) >= 11 is 0. The SMILES string of the molecule is CC(C)C(CN(C)C)Nc1ccc(C=O)cc1[N+](=O)[O-]. The first-order valence-electron chi connectivity index (χ1n) is 6.50. The highest BCUT2D eigenvalue weighted by atomic mass is 16.6. The van der Waals surface area contributed by atoms with E-state index < -0.39 is 4.92 Å². The molecule has 1 aromatic rings. The fraction of sp³-hybridized carbons (Fsp3) is 0.500. The molecule has 0 bridgehead atoms. The summed E-state index contributed by atoms with van der Waals surface area (Å²) in [7, 11) is 3.92. The van der Waals surface area contributed by atoms with Crippen LogP contribution in [0.25, 0.3) is 0 Å². The van der Waals surface area contributed by atoms with Crippen LogP contribution in [-0.2, 0) is 0 Å². The van der Waals surface area contributed by atoms with Gasteiger partial charge in [0.05, 0.1) is 4.92 Å². The molecule has 6 heteroatoms. The van der Waals surface area contributed by atoms with Crippen LogP contribution in [-0.4, -0.2) is 42.8 Å². The van der Waals surface area contributed by atoms with Gasteiger partial charge in [-0.2, -0.15) is 0 Å². The third-order valence-electron chi connectivity index (χ3n) is 3.06. The van der Waals surface area contributed by atoms with Gasteiger partial charge in [0.2, 0.25) is 0 Å². The first kappa shape index (κ1) is 16.1. The molecule has 0 aliphatic carbocycles. The topological polar surface area (TPSA) is 75.5 Å². The number of hydrogen-bond donors (Lipinski definition) is 1. The highest BCUT2D eigenvalue weighted by molar-refractivity contribution is 5.79. The Morgan fingerprint density at radius 1 is 1.40 bits per heavy atom. The molecular weight excluding hydrogens is 258 g/mol. The molecule has 0 aliphatic heterocycles. The van der Waals surface area contributed by atoms with Crippen molar-refractivity contribution < 1.29 is 9.72 Å². The monoisotopic (exact) mass is 279 g/mol. The minimum absolute atomic E-state index is 0.0704. The molecule has 0 heterocycles. The predicted molar refractivity (Wildman–Crippen MR) is 79.3 cm³/mol. The Balaban J connectivity index is 3.05. The summed E-state index contributed by atoms with van der Waals surface area (Å²) in [6.07, 6.45) is 0.608. The lowest BCUT2D eigenvalue weighted by Crippen LogP contribution is -2.36. The van der Waals surface area contributed by atoms with Gasteiger partial charge in [-0.3, -0.25) is 14.9 Å². The van der Waals surface area contributed by atoms with Crippen LogP contribution >= 0.6 is 0 Å². The zero-order chi connectivity index (χ0) is 15.3. The molecule has 0 aliphatic rings. The summed E-state index contributed by atoms with van der Waals surface area (Å²) < 4.78 is 0. The van der Waals surface area contributed by atoms with Crippen LogP contribution < -0.4 is 5.32 Å². The standard InChI is InChI=1S/C14H21N3O3/c1-10(2)13(8-16(3)4)15-12-6-5-11(9-18)7-14(12)17(19)20/h5-7,9-10,13,15H,8H2,1-4H3. The van der Waals surface area contributed by atoms with Gasteiger partial charge in [0.15, 0.2) is 0 Å². The second-order valence-corrected chi connectivity index (χ2v) is 5.41. The van der Waals surface area contributed by atoms with E-state index in [1.807, 2.05) is 19.0 Å². The zero-order valence-electron chi connectivity index (χ0n) is 12.3. The number of likely N-dealkylation sites (N-methyl/N-ethyl adjacent to an activating group) is 1. The predicted octanol–water partition coefficient (Wildman–Crippen LogP) is 2.41. The van der Waals surface area contributed by atoms with Gasteiger partial charge in [-0.05, 0) is 32.1 Å². The maximum atomic E-state index is 11.1. The van der Waals surface area contributed by atoms with Gasteiger partial charge in [-0.15, -0.1) is 0 Å². The molecule has 0 saturated heterocycles. The number of carbonyl (C=O) groups is 1. The lowest BCUT2D eigenvalue weighted by Gasteiger charge is -2.26. The summed E-state index contributed by atoms with van der Waals surface area (Å²) in [5.41, 5.74) is 0.677. The number of nitro benzene ring substituents is 1. The number of carbonyl (C=O) groups excluding carboxylic acids is 1. The largest absolute Gasteiger partial charge is 0.375 e. The maximum Gasteiger partial charge on any atom is 0.293 e. The van der Waals surface area contributed by atoms with Crippen LogP contribution in [0.15, 0.2) is 18.2 Å². The molecule has 110 valence electrons. The van der Waals surface area contributed by atoms with E-state index >= 15 is 0 Å². The number of rotatable bonds is 7. The highest BCUT2D eigenvalue weighted by Gasteiger charge is 2.20. The average Bonchev–Trinajstić information content (AvgIpc) is 2.37. The molecule has 0 fully saturated rings. The molecule has 0 amide bonds. The van der Waals surface area contributed by atoms with Crippen LogP contribution in [0.1, 0.15) is 24.2 Å². The van der Waals surface area contributed by atoms with Crippen LogP contribution in [0.2, 0.25) is 0 Å². The summed E-state index contributed by atoms with van der Waals surface area (Å²) in [5.74, 6) is 0.322. The van der Waals surface area contributed by atoms with Gasteiger partial charge in [0.25, 0.3) is 5.69 Å². The Labute approximate surface area is 118 Å². The first-order valence-corrected chi connectivity index (χ1v) is 6.50. The third-order valence-corrected chi connectivity index (χ3v) is 3.06. The van der Waals surface area contributed by atoms with E-state index in [9.17, 15) is 14.9 Å². The van der Waals surface area contributed by atoms with E-state index in [0.717, 1.165) is 6.54 Å². The van der Waals surface area contributed by atoms with Gasteiger partial charge in [0.1, 0.15) is 12.0 Å². The van der Waals surface area contributed by atoms with Crippen molar-refractivity contribution in [3.05, 3.63) is 33.9 Å². The second kappa shape index (κ2) is 7.00. The van der Waals surface area contributed by atoms with Crippen molar-refractivity contribution in [3.63, 3.8) is 0 Å². The van der Waals surface area contributed by atoms with Crippen molar-refractivity contribution in [2.75, 3.05) is 26.0 Å². The Kier molecular flexibility index (Phi) is 5.64.